The third-order valence-electron chi connectivity index (χ3n) is 4.64. The van der Waals surface area contributed by atoms with Gasteiger partial charge in [0.15, 0.2) is 5.78 Å². The topological polar surface area (TPSA) is 76.5 Å². The zero-order valence-electron chi connectivity index (χ0n) is 13.5. The number of Topliss-reactive ketones (excluding diaryl/α,β-unsaturated/α-hetero) is 1. The molecule has 1 aliphatic carbocycles. The van der Waals surface area contributed by atoms with Crippen molar-refractivity contribution in [2.24, 2.45) is 0 Å². The number of thioether (sulfide) groups is 1. The molecule has 24 heavy (non-hydrogen) atoms. The molecule has 0 spiro atoms. The molecule has 1 N–H and O–H groups in total. The van der Waals surface area contributed by atoms with E-state index in [1.165, 1.54) is 24.6 Å². The average molecular weight is 341 g/mol. The van der Waals surface area contributed by atoms with E-state index in [1.54, 1.807) is 6.20 Å². The Balaban J connectivity index is 1.55. The molecule has 7 heteroatoms. The first-order chi connectivity index (χ1) is 11.7. The Morgan fingerprint density at radius 3 is 2.96 bits per heavy atom. The summed E-state index contributed by atoms with van der Waals surface area (Å²) in [5.74, 6) is 0.0958. The molecule has 1 atom stereocenters. The van der Waals surface area contributed by atoms with E-state index in [0.717, 1.165) is 34.5 Å². The monoisotopic (exact) mass is 341 g/mol. The van der Waals surface area contributed by atoms with Crippen molar-refractivity contribution >= 4 is 28.4 Å². The van der Waals surface area contributed by atoms with Gasteiger partial charge in [-0.15, -0.1) is 5.10 Å². The van der Waals surface area contributed by atoms with Crippen LogP contribution in [0.2, 0.25) is 0 Å². The molecule has 2 heterocycles. The first-order valence-electron chi connectivity index (χ1n) is 8.29. The van der Waals surface area contributed by atoms with Gasteiger partial charge in [-0.25, -0.2) is 4.68 Å². The lowest BCUT2D eigenvalue weighted by molar-refractivity contribution is 0.0995. The Bertz CT molecular complexity index is 865. The smallest absolute Gasteiger partial charge is 0.210 e. The zero-order valence-corrected chi connectivity index (χ0v) is 14.3. The molecule has 1 saturated carbocycles. The van der Waals surface area contributed by atoms with E-state index >= 15 is 0 Å². The molecule has 0 unspecified atom stereocenters. The van der Waals surface area contributed by atoms with Crippen LogP contribution in [0.25, 0.3) is 10.9 Å². The second-order valence-corrected chi connectivity index (χ2v) is 7.52. The van der Waals surface area contributed by atoms with Gasteiger partial charge in [-0.3, -0.25) is 4.79 Å². The molecule has 0 amide bonds. The molecule has 3 aromatic rings. The summed E-state index contributed by atoms with van der Waals surface area (Å²) >= 11 is 1.44. The minimum absolute atomic E-state index is 0.0958. The van der Waals surface area contributed by atoms with Crippen LogP contribution in [0.5, 0.6) is 0 Å². The van der Waals surface area contributed by atoms with Crippen molar-refractivity contribution < 1.29 is 4.79 Å². The molecule has 0 bridgehead atoms. The number of nitrogens with zero attached hydrogens (tertiary/aromatic N) is 4. The number of H-pyrrole nitrogens is 1. The minimum atomic E-state index is -0.240. The van der Waals surface area contributed by atoms with Gasteiger partial charge in [0, 0.05) is 22.7 Å². The quantitative estimate of drug-likeness (QED) is 0.566. The highest BCUT2D eigenvalue weighted by molar-refractivity contribution is 8.00. The molecule has 0 aliphatic heterocycles. The fourth-order valence-corrected chi connectivity index (χ4v) is 4.27. The highest BCUT2D eigenvalue weighted by Gasteiger charge is 2.26. The van der Waals surface area contributed by atoms with E-state index in [9.17, 15) is 4.79 Å². The first kappa shape index (κ1) is 15.4. The predicted molar refractivity (Wildman–Crippen MR) is 93.3 cm³/mol. The van der Waals surface area contributed by atoms with Crippen LogP contribution in [0, 0.1) is 0 Å². The molecule has 124 valence electrons. The number of aromatic amines is 1. The van der Waals surface area contributed by atoms with Gasteiger partial charge in [0.05, 0.1) is 11.3 Å². The number of aromatic nitrogens is 5. The van der Waals surface area contributed by atoms with Gasteiger partial charge in [-0.2, -0.15) is 0 Å². The van der Waals surface area contributed by atoms with Gasteiger partial charge in [0.2, 0.25) is 5.16 Å². The van der Waals surface area contributed by atoms with Crippen molar-refractivity contribution in [2.45, 2.75) is 49.1 Å². The molecule has 0 saturated heterocycles. The van der Waals surface area contributed by atoms with Crippen LogP contribution in [0.15, 0.2) is 35.6 Å². The molecule has 1 fully saturated rings. The number of ketones is 1. The highest BCUT2D eigenvalue weighted by Crippen LogP contribution is 2.33. The number of benzene rings is 1. The van der Waals surface area contributed by atoms with Crippen molar-refractivity contribution in [1.82, 2.24) is 25.2 Å². The minimum Gasteiger partial charge on any atom is -0.360 e. The second-order valence-electron chi connectivity index (χ2n) is 6.22. The van der Waals surface area contributed by atoms with Crippen LogP contribution in [0.1, 0.15) is 49.0 Å². The van der Waals surface area contributed by atoms with E-state index in [0.29, 0.717) is 6.04 Å². The van der Waals surface area contributed by atoms with Gasteiger partial charge >= 0.3 is 0 Å². The van der Waals surface area contributed by atoms with E-state index < -0.39 is 0 Å². The van der Waals surface area contributed by atoms with Gasteiger partial charge in [0.1, 0.15) is 0 Å². The van der Waals surface area contributed by atoms with Crippen LogP contribution in [-0.2, 0) is 0 Å². The maximum atomic E-state index is 12.9. The second kappa shape index (κ2) is 6.39. The zero-order chi connectivity index (χ0) is 16.5. The molecular formula is C17H19N5OS. The lowest BCUT2D eigenvalue weighted by Gasteiger charge is -2.13. The number of hydrogen-bond acceptors (Lipinski definition) is 5. The summed E-state index contributed by atoms with van der Waals surface area (Å²) in [5.41, 5.74) is 1.71. The Morgan fingerprint density at radius 1 is 1.33 bits per heavy atom. The summed E-state index contributed by atoms with van der Waals surface area (Å²) in [6.45, 7) is 1.92. The van der Waals surface area contributed by atoms with Crippen LogP contribution in [-0.4, -0.2) is 36.2 Å². The summed E-state index contributed by atoms with van der Waals surface area (Å²) in [7, 11) is 0. The van der Waals surface area contributed by atoms with Crippen molar-refractivity contribution in [3.63, 3.8) is 0 Å². The summed E-state index contributed by atoms with van der Waals surface area (Å²) in [6.07, 6.45) is 6.47. The number of para-hydroxylation sites is 1. The lowest BCUT2D eigenvalue weighted by Crippen LogP contribution is -2.16. The summed E-state index contributed by atoms with van der Waals surface area (Å²) < 4.78 is 1.90. The average Bonchev–Trinajstić information content (AvgIpc) is 3.33. The van der Waals surface area contributed by atoms with Crippen LogP contribution in [0.4, 0.5) is 0 Å². The van der Waals surface area contributed by atoms with Gasteiger partial charge in [-0.1, -0.05) is 42.8 Å². The highest BCUT2D eigenvalue weighted by atomic mass is 32.2. The molecule has 0 radical (unpaired) electrons. The largest absolute Gasteiger partial charge is 0.360 e. The maximum absolute atomic E-state index is 12.9. The third-order valence-corrected chi connectivity index (χ3v) is 5.69. The van der Waals surface area contributed by atoms with Gasteiger partial charge in [-0.05, 0) is 36.3 Å². The molecule has 1 aliphatic rings. The number of fused-ring (bicyclic) bond motifs is 1. The van der Waals surface area contributed by atoms with Gasteiger partial charge in [0.25, 0.3) is 0 Å². The molecule has 1 aromatic carbocycles. The van der Waals surface area contributed by atoms with Crippen LogP contribution in [0.3, 0.4) is 0 Å². The SMILES string of the molecule is C[C@H](Sc1nnnn1C1CCCC1)C(=O)c1c[nH]c2ccccc12. The fraction of sp³-hybridized carbons (Fsp3) is 0.412. The van der Waals surface area contributed by atoms with Crippen molar-refractivity contribution in [1.29, 1.82) is 0 Å². The first-order valence-corrected chi connectivity index (χ1v) is 9.17. The Labute approximate surface area is 144 Å². The number of nitrogens with one attached hydrogen (secondary N) is 1. The summed E-state index contributed by atoms with van der Waals surface area (Å²) in [6, 6.07) is 8.23. The predicted octanol–water partition coefficient (Wildman–Crippen LogP) is 3.63. The van der Waals surface area contributed by atoms with E-state index in [-0.39, 0.29) is 11.0 Å². The summed E-state index contributed by atoms with van der Waals surface area (Å²) in [5, 5.41) is 13.5. The van der Waals surface area contributed by atoms with Crippen molar-refractivity contribution in [3.8, 4) is 0 Å². The van der Waals surface area contributed by atoms with Crippen LogP contribution >= 0.6 is 11.8 Å². The Morgan fingerprint density at radius 2 is 2.12 bits per heavy atom. The number of rotatable bonds is 5. The standard InChI is InChI=1S/C17H19N5OS/c1-11(16(23)14-10-18-15-9-5-4-8-13(14)15)24-17-19-20-21-22(17)12-6-2-3-7-12/h4-5,8-12,18H,2-3,6-7H2,1H3/t11-/m0/s1. The van der Waals surface area contributed by atoms with E-state index in [1.807, 2.05) is 35.9 Å². The molecule has 2 aromatic heterocycles. The number of hydrogen-bond donors (Lipinski definition) is 1. The Kier molecular flexibility index (Phi) is 4.10. The number of carbonyl (C=O) groups excluding carboxylic acids is 1. The molecule has 4 rings (SSSR count). The summed E-state index contributed by atoms with van der Waals surface area (Å²) in [4.78, 5) is 16.0. The van der Waals surface area contributed by atoms with Crippen molar-refractivity contribution in [2.75, 3.05) is 0 Å². The normalized spacial score (nSPS) is 16.7. The number of tetrazole rings is 1. The third kappa shape index (κ3) is 2.73. The number of carbonyl (C=O) groups is 1. The fourth-order valence-electron chi connectivity index (χ4n) is 3.35. The lowest BCUT2D eigenvalue weighted by atomic mass is 10.1. The molecule has 6 nitrogen and oxygen atoms in total. The Hall–Kier alpha value is -2.15. The van der Waals surface area contributed by atoms with E-state index in [4.69, 9.17) is 0 Å². The van der Waals surface area contributed by atoms with Crippen LogP contribution < -0.4 is 0 Å². The maximum Gasteiger partial charge on any atom is 0.210 e. The van der Waals surface area contributed by atoms with E-state index in [2.05, 4.69) is 20.5 Å². The molecular weight excluding hydrogens is 322 g/mol. The van der Waals surface area contributed by atoms with Crippen molar-refractivity contribution in [3.05, 3.63) is 36.0 Å². The van der Waals surface area contributed by atoms with Gasteiger partial charge < -0.3 is 4.98 Å².